The lowest BCUT2D eigenvalue weighted by atomic mass is 9.78. The van der Waals surface area contributed by atoms with Gasteiger partial charge in [-0.3, -0.25) is 19.2 Å². The van der Waals surface area contributed by atoms with Crippen molar-refractivity contribution in [2.24, 2.45) is 59.2 Å². The van der Waals surface area contributed by atoms with E-state index in [-0.39, 0.29) is 95.4 Å². The lowest BCUT2D eigenvalue weighted by Gasteiger charge is -2.45. The van der Waals surface area contributed by atoms with Gasteiger partial charge in [-0.1, -0.05) is 30.3 Å². The van der Waals surface area contributed by atoms with E-state index in [2.05, 4.69) is 26.6 Å². The second-order valence-corrected chi connectivity index (χ2v) is 21.6. The van der Waals surface area contributed by atoms with Gasteiger partial charge in [0.1, 0.15) is 34.3 Å². The summed E-state index contributed by atoms with van der Waals surface area (Å²) in [4.78, 5) is 88.9. The third-order valence-corrected chi connectivity index (χ3v) is 17.0. The largest absolute Gasteiger partial charge is 0.467 e. The van der Waals surface area contributed by atoms with Crippen LogP contribution in [0.4, 0.5) is 4.79 Å². The van der Waals surface area contributed by atoms with E-state index in [1.807, 2.05) is 30.3 Å². The van der Waals surface area contributed by atoms with Crippen molar-refractivity contribution in [1.29, 1.82) is 0 Å². The molecule has 0 aliphatic heterocycles. The summed E-state index contributed by atoms with van der Waals surface area (Å²) in [6, 6.07) is 9.47. The van der Waals surface area contributed by atoms with Crippen molar-refractivity contribution in [3.8, 4) is 0 Å². The van der Waals surface area contributed by atoms with Gasteiger partial charge in [-0.2, -0.15) is 0 Å². The van der Waals surface area contributed by atoms with E-state index >= 15 is 19.2 Å². The van der Waals surface area contributed by atoms with Crippen LogP contribution in [0.1, 0.15) is 134 Å². The lowest BCUT2D eigenvalue weighted by molar-refractivity contribution is -0.155. The Morgan fingerprint density at radius 1 is 0.419 bits per heavy atom. The molecule has 0 bridgehead atoms. The van der Waals surface area contributed by atoms with Gasteiger partial charge in [0.2, 0.25) is 23.6 Å². The standard InChI is InChI=1S/C49H65N5O8/c1-61-43(59)49(37-23-24-37,38-25-26-38)53-41(57)47(33-15-16-33,34-17-18-34)51-39(55)45(29-7-8-29,30-9-10-30)50-40(56)46(31-11-12-31,32-13-14-32)52-42(58)48(35-19-20-35,36-21-22-36)54-44(60)62-27-28-5-3-2-4-6-28/h2-6,29-38H,7-27H2,1H3,(H,50,56)(H,51,55)(H,52,58)(H,53,57)(H,54,60). The van der Waals surface area contributed by atoms with E-state index in [0.717, 1.165) is 134 Å². The second-order valence-electron chi connectivity index (χ2n) is 21.6. The third-order valence-electron chi connectivity index (χ3n) is 17.0. The summed E-state index contributed by atoms with van der Waals surface area (Å²) >= 11 is 0. The molecule has 0 aromatic heterocycles. The summed E-state index contributed by atoms with van der Waals surface area (Å²) in [5, 5.41) is 16.8. The molecule has 13 nitrogen and oxygen atoms in total. The van der Waals surface area contributed by atoms with Crippen molar-refractivity contribution < 1.29 is 38.2 Å². The Balaban J connectivity index is 0.887. The molecule has 0 unspecified atom stereocenters. The number of methoxy groups -OCH3 is 1. The molecule has 13 heteroatoms. The zero-order valence-electron chi connectivity index (χ0n) is 36.3. The van der Waals surface area contributed by atoms with Gasteiger partial charge in [0.25, 0.3) is 0 Å². The highest BCUT2D eigenvalue weighted by Gasteiger charge is 2.71. The normalized spacial score (nSPS) is 24.3. The molecule has 10 aliphatic carbocycles. The SMILES string of the molecule is COC(=O)C(NC(=O)C(NC(=O)C(NC(=O)C(NC(=O)C(NC(=O)OCc1ccccc1)(C1CC1)C1CC1)(C1CC1)C1CC1)(C1CC1)C1CC1)(C1CC1)C1CC1)(C1CC1)C1CC1. The van der Waals surface area contributed by atoms with Gasteiger partial charge in [0.05, 0.1) is 7.11 Å². The zero-order chi connectivity index (χ0) is 42.6. The van der Waals surface area contributed by atoms with Crippen molar-refractivity contribution in [2.75, 3.05) is 7.11 Å². The molecule has 0 radical (unpaired) electrons. The number of amides is 5. The Kier molecular flexibility index (Phi) is 9.62. The minimum Gasteiger partial charge on any atom is -0.467 e. The lowest BCUT2D eigenvalue weighted by Crippen LogP contribution is -2.75. The minimum atomic E-state index is -1.23. The van der Waals surface area contributed by atoms with Gasteiger partial charge in [-0.15, -0.1) is 0 Å². The van der Waals surface area contributed by atoms with Gasteiger partial charge >= 0.3 is 12.1 Å². The van der Waals surface area contributed by atoms with E-state index in [1.165, 1.54) is 7.11 Å². The van der Waals surface area contributed by atoms with Crippen LogP contribution >= 0.6 is 0 Å². The smallest absolute Gasteiger partial charge is 0.408 e. The first kappa shape index (κ1) is 40.6. The van der Waals surface area contributed by atoms with E-state index in [0.29, 0.717) is 0 Å². The first-order valence-electron chi connectivity index (χ1n) is 24.4. The number of hydrogen-bond acceptors (Lipinski definition) is 8. The maximum Gasteiger partial charge on any atom is 0.408 e. The van der Waals surface area contributed by atoms with Crippen molar-refractivity contribution >= 4 is 35.7 Å². The van der Waals surface area contributed by atoms with Crippen LogP contribution in [0.15, 0.2) is 30.3 Å². The van der Waals surface area contributed by atoms with E-state index in [1.54, 1.807) is 0 Å². The number of carbonyl (C=O) groups is 6. The molecule has 1 aromatic rings. The highest BCUT2D eigenvalue weighted by Crippen LogP contribution is 2.60. The molecular weight excluding hydrogens is 787 g/mol. The Morgan fingerprint density at radius 2 is 0.677 bits per heavy atom. The van der Waals surface area contributed by atoms with Crippen LogP contribution in [0.5, 0.6) is 0 Å². The number of ether oxygens (including phenoxy) is 2. The molecule has 5 N–H and O–H groups in total. The summed E-state index contributed by atoms with van der Waals surface area (Å²) < 4.78 is 11.1. The maximum atomic E-state index is 15.6. The minimum absolute atomic E-state index is 0.0244. The van der Waals surface area contributed by atoms with Crippen molar-refractivity contribution in [3.63, 3.8) is 0 Å². The number of hydrogen-bond donors (Lipinski definition) is 5. The fourth-order valence-electron chi connectivity index (χ4n) is 12.4. The fourth-order valence-corrected chi connectivity index (χ4v) is 12.4. The van der Waals surface area contributed by atoms with Crippen LogP contribution in [0.25, 0.3) is 0 Å². The average molecular weight is 852 g/mol. The molecule has 0 heterocycles. The molecule has 10 saturated carbocycles. The highest BCUT2D eigenvalue weighted by atomic mass is 16.5. The number of carbonyl (C=O) groups excluding carboxylic acids is 6. The molecular formula is C49H65N5O8. The Labute approximate surface area is 364 Å². The summed E-state index contributed by atoms with van der Waals surface area (Å²) in [5.41, 5.74) is -5.07. The molecule has 5 amide bonds. The molecule has 10 fully saturated rings. The summed E-state index contributed by atoms with van der Waals surface area (Å²) in [6.45, 7) is 0.0836. The number of rotatable bonds is 22. The number of nitrogens with one attached hydrogen (secondary N) is 5. The molecule has 0 atom stereocenters. The van der Waals surface area contributed by atoms with Crippen molar-refractivity contribution in [3.05, 3.63) is 35.9 Å². The van der Waals surface area contributed by atoms with Crippen LogP contribution in [0, 0.1) is 59.2 Å². The summed E-state index contributed by atoms with van der Waals surface area (Å²) in [7, 11) is 1.40. The van der Waals surface area contributed by atoms with Crippen LogP contribution in [0.2, 0.25) is 0 Å². The first-order valence-corrected chi connectivity index (χ1v) is 24.4. The first-order chi connectivity index (χ1) is 30.0. The molecule has 10 aliphatic rings. The zero-order valence-corrected chi connectivity index (χ0v) is 36.3. The average Bonchev–Trinajstić information content (AvgIpc) is 4.11. The van der Waals surface area contributed by atoms with Gasteiger partial charge in [0, 0.05) is 0 Å². The number of alkyl carbamates (subject to hydrolysis) is 1. The van der Waals surface area contributed by atoms with E-state index in [4.69, 9.17) is 9.47 Å². The molecule has 0 saturated heterocycles. The van der Waals surface area contributed by atoms with Crippen molar-refractivity contribution in [2.45, 2.75) is 163 Å². The highest BCUT2D eigenvalue weighted by molar-refractivity contribution is 6.03. The molecule has 0 spiro atoms. The third kappa shape index (κ3) is 6.91. The van der Waals surface area contributed by atoms with Crippen LogP contribution in [-0.4, -0.2) is 70.5 Å². The van der Waals surface area contributed by atoms with Gasteiger partial charge in [-0.05, 0) is 193 Å². The fraction of sp³-hybridized carbons (Fsp3) is 0.755. The Hall–Kier alpha value is -4.16. The van der Waals surface area contributed by atoms with Crippen molar-refractivity contribution in [1.82, 2.24) is 26.6 Å². The quantitative estimate of drug-likeness (QED) is 0.0970. The second kappa shape index (κ2) is 14.7. The van der Waals surface area contributed by atoms with Gasteiger partial charge in [-0.25, -0.2) is 9.59 Å². The van der Waals surface area contributed by atoms with E-state index in [9.17, 15) is 9.59 Å². The molecule has 1 aromatic carbocycles. The molecule has 11 rings (SSSR count). The predicted molar refractivity (Wildman–Crippen MR) is 225 cm³/mol. The monoisotopic (exact) mass is 851 g/mol. The topological polar surface area (TPSA) is 181 Å². The Bertz CT molecular complexity index is 1940. The predicted octanol–water partition coefficient (Wildman–Crippen LogP) is 5.34. The summed E-state index contributed by atoms with van der Waals surface area (Å²) in [5.74, 6) is -2.05. The Morgan fingerprint density at radius 3 is 0.952 bits per heavy atom. The van der Waals surface area contributed by atoms with Crippen LogP contribution in [0.3, 0.4) is 0 Å². The molecule has 334 valence electrons. The molecule has 62 heavy (non-hydrogen) atoms. The van der Waals surface area contributed by atoms with Gasteiger partial charge < -0.3 is 36.1 Å². The summed E-state index contributed by atoms with van der Waals surface area (Å²) in [6.07, 6.45) is 15.6. The van der Waals surface area contributed by atoms with Crippen LogP contribution < -0.4 is 26.6 Å². The number of esters is 1. The van der Waals surface area contributed by atoms with Crippen LogP contribution in [-0.2, 0) is 40.1 Å². The maximum absolute atomic E-state index is 15.6. The number of benzene rings is 1. The van der Waals surface area contributed by atoms with Gasteiger partial charge in [0.15, 0.2) is 0 Å². The van der Waals surface area contributed by atoms with E-state index < -0.39 is 33.8 Å².